The van der Waals surface area contributed by atoms with Gasteiger partial charge in [0.05, 0.1) is 4.88 Å². The third-order valence-corrected chi connectivity index (χ3v) is 3.88. The largest absolute Gasteiger partial charge is 0.350 e. The lowest BCUT2D eigenvalue weighted by Crippen LogP contribution is -2.38. The molecule has 4 nitrogen and oxygen atoms in total. The Hall–Kier alpha value is -1.20. The molecular formula is C12H16N2O2S. The van der Waals surface area contributed by atoms with Gasteiger partial charge in [0.2, 0.25) is 0 Å². The molecule has 0 saturated heterocycles. The van der Waals surface area contributed by atoms with Gasteiger partial charge < -0.3 is 11.1 Å². The highest BCUT2D eigenvalue weighted by atomic mass is 32.1. The van der Waals surface area contributed by atoms with Gasteiger partial charge in [-0.25, -0.2) is 0 Å². The van der Waals surface area contributed by atoms with Crippen molar-refractivity contribution < 1.29 is 9.59 Å². The quantitative estimate of drug-likeness (QED) is 0.778. The van der Waals surface area contributed by atoms with Gasteiger partial charge in [-0.3, -0.25) is 9.59 Å². The summed E-state index contributed by atoms with van der Waals surface area (Å²) in [6, 6.07) is 1.69. The van der Waals surface area contributed by atoms with E-state index >= 15 is 0 Å². The summed E-state index contributed by atoms with van der Waals surface area (Å²) in [6.07, 6.45) is 2.34. The molecule has 1 fully saturated rings. The first-order valence-electron chi connectivity index (χ1n) is 5.71. The summed E-state index contributed by atoms with van der Waals surface area (Å²) < 4.78 is 0. The van der Waals surface area contributed by atoms with Gasteiger partial charge >= 0.3 is 0 Å². The van der Waals surface area contributed by atoms with Crippen molar-refractivity contribution in [1.29, 1.82) is 0 Å². The van der Waals surface area contributed by atoms with Crippen molar-refractivity contribution in [1.82, 2.24) is 5.32 Å². The third-order valence-electron chi connectivity index (χ3n) is 2.96. The maximum atomic E-state index is 11.8. The molecule has 1 amide bonds. The van der Waals surface area contributed by atoms with Crippen LogP contribution in [0.5, 0.6) is 0 Å². The SMILES string of the molecule is CC(=O)c1csc(C(=O)NCC(N)C2CC2)c1. The molecule has 1 heterocycles. The molecule has 0 aromatic carbocycles. The zero-order valence-electron chi connectivity index (χ0n) is 9.73. The molecule has 1 atom stereocenters. The van der Waals surface area contributed by atoms with E-state index in [0.717, 1.165) is 0 Å². The minimum absolute atomic E-state index is 0.0185. The number of hydrogen-bond acceptors (Lipinski definition) is 4. The van der Waals surface area contributed by atoms with Crippen molar-refractivity contribution >= 4 is 23.0 Å². The predicted molar refractivity (Wildman–Crippen MR) is 67.4 cm³/mol. The molecule has 3 N–H and O–H groups in total. The minimum Gasteiger partial charge on any atom is -0.350 e. The average Bonchev–Trinajstić information content (AvgIpc) is 3.02. The Morgan fingerprint density at radius 3 is 2.82 bits per heavy atom. The summed E-state index contributed by atoms with van der Waals surface area (Å²) >= 11 is 1.29. The molecule has 5 heteroatoms. The van der Waals surface area contributed by atoms with Crippen LogP contribution in [0, 0.1) is 5.92 Å². The first kappa shape index (κ1) is 12.3. The van der Waals surface area contributed by atoms with Crippen molar-refractivity contribution in [3.8, 4) is 0 Å². The van der Waals surface area contributed by atoms with Gasteiger partial charge in [-0.05, 0) is 31.7 Å². The Morgan fingerprint density at radius 2 is 2.29 bits per heavy atom. The van der Waals surface area contributed by atoms with E-state index in [-0.39, 0.29) is 17.7 Å². The average molecular weight is 252 g/mol. The number of rotatable bonds is 5. The molecule has 1 aliphatic carbocycles. The van der Waals surface area contributed by atoms with Gasteiger partial charge in [-0.1, -0.05) is 0 Å². The first-order chi connectivity index (χ1) is 8.08. The fraction of sp³-hybridized carbons (Fsp3) is 0.500. The van der Waals surface area contributed by atoms with Crippen LogP contribution < -0.4 is 11.1 Å². The smallest absolute Gasteiger partial charge is 0.261 e. The van der Waals surface area contributed by atoms with Crippen molar-refractivity contribution in [3.05, 3.63) is 21.9 Å². The Bertz CT molecular complexity index is 437. The maximum Gasteiger partial charge on any atom is 0.261 e. The lowest BCUT2D eigenvalue weighted by molar-refractivity contribution is 0.0954. The van der Waals surface area contributed by atoms with E-state index < -0.39 is 0 Å². The fourth-order valence-electron chi connectivity index (χ4n) is 1.63. The minimum atomic E-state index is -0.140. The van der Waals surface area contributed by atoms with Crippen LogP contribution in [0.4, 0.5) is 0 Å². The molecule has 1 saturated carbocycles. The molecule has 2 rings (SSSR count). The van der Waals surface area contributed by atoms with Gasteiger partial charge in [0.25, 0.3) is 5.91 Å². The maximum absolute atomic E-state index is 11.8. The number of nitrogens with two attached hydrogens (primary N) is 1. The molecule has 0 spiro atoms. The van der Waals surface area contributed by atoms with Gasteiger partial charge in [-0.2, -0.15) is 0 Å². The number of thiophene rings is 1. The highest BCUT2D eigenvalue weighted by Crippen LogP contribution is 2.31. The first-order valence-corrected chi connectivity index (χ1v) is 6.59. The third kappa shape index (κ3) is 3.14. The summed E-state index contributed by atoms with van der Waals surface area (Å²) in [5, 5.41) is 4.51. The Morgan fingerprint density at radius 1 is 1.59 bits per heavy atom. The van der Waals surface area contributed by atoms with Gasteiger partial charge in [0.15, 0.2) is 5.78 Å². The molecule has 0 aliphatic heterocycles. The van der Waals surface area contributed by atoms with Crippen LogP contribution in [0.2, 0.25) is 0 Å². The highest BCUT2D eigenvalue weighted by Gasteiger charge is 2.28. The number of Topliss-reactive ketones (excluding diaryl/α,β-unsaturated/α-hetero) is 1. The van der Waals surface area contributed by atoms with E-state index in [2.05, 4.69) is 5.32 Å². The van der Waals surface area contributed by atoms with E-state index in [1.54, 1.807) is 11.4 Å². The Labute approximate surface area is 104 Å². The second-order valence-electron chi connectivity index (χ2n) is 4.47. The van der Waals surface area contributed by atoms with Crippen LogP contribution in [0.25, 0.3) is 0 Å². The van der Waals surface area contributed by atoms with E-state index in [9.17, 15) is 9.59 Å². The van der Waals surface area contributed by atoms with Crippen molar-refractivity contribution in [2.75, 3.05) is 6.54 Å². The number of hydrogen-bond donors (Lipinski definition) is 2. The molecule has 1 aliphatic rings. The number of ketones is 1. The van der Waals surface area contributed by atoms with Gasteiger partial charge in [0.1, 0.15) is 0 Å². The Kier molecular flexibility index (Phi) is 3.59. The van der Waals surface area contributed by atoms with Crippen LogP contribution in [0.3, 0.4) is 0 Å². The van der Waals surface area contributed by atoms with Crippen molar-refractivity contribution in [2.45, 2.75) is 25.8 Å². The number of carbonyl (C=O) groups is 2. The number of nitrogens with one attached hydrogen (secondary N) is 1. The summed E-state index contributed by atoms with van der Waals surface area (Å²) in [5.41, 5.74) is 6.48. The van der Waals surface area contributed by atoms with Crippen LogP contribution in [0.1, 0.15) is 39.8 Å². The summed E-state index contributed by atoms with van der Waals surface area (Å²) in [5.74, 6) is 0.417. The van der Waals surface area contributed by atoms with Crippen molar-refractivity contribution in [2.24, 2.45) is 11.7 Å². The number of carbonyl (C=O) groups excluding carboxylic acids is 2. The molecule has 1 unspecified atom stereocenters. The lowest BCUT2D eigenvalue weighted by atomic mass is 10.2. The molecule has 17 heavy (non-hydrogen) atoms. The molecular weight excluding hydrogens is 236 g/mol. The van der Waals surface area contributed by atoms with Crippen LogP contribution in [0.15, 0.2) is 11.4 Å². The second-order valence-corrected chi connectivity index (χ2v) is 5.38. The second kappa shape index (κ2) is 4.98. The van der Waals surface area contributed by atoms with Gasteiger partial charge in [0, 0.05) is 23.5 Å². The monoisotopic (exact) mass is 252 g/mol. The normalized spacial score (nSPS) is 16.6. The van der Waals surface area contributed by atoms with Crippen LogP contribution >= 0.6 is 11.3 Å². The van der Waals surface area contributed by atoms with Crippen LogP contribution in [-0.2, 0) is 0 Å². The summed E-state index contributed by atoms with van der Waals surface area (Å²) in [6.45, 7) is 2.00. The summed E-state index contributed by atoms with van der Waals surface area (Å²) in [7, 11) is 0. The standard InChI is InChI=1S/C12H16N2O2S/c1-7(15)9-4-11(17-6-9)12(16)14-5-10(13)8-2-3-8/h4,6,8,10H,2-3,5,13H2,1H3,(H,14,16). The van der Waals surface area contributed by atoms with E-state index in [0.29, 0.717) is 22.9 Å². The molecule has 1 aromatic heterocycles. The molecule has 1 aromatic rings. The zero-order chi connectivity index (χ0) is 12.4. The fourth-order valence-corrected chi connectivity index (χ4v) is 2.49. The highest BCUT2D eigenvalue weighted by molar-refractivity contribution is 7.12. The predicted octanol–water partition coefficient (Wildman–Crippen LogP) is 1.42. The van der Waals surface area contributed by atoms with Gasteiger partial charge in [-0.15, -0.1) is 11.3 Å². The van der Waals surface area contributed by atoms with Crippen LogP contribution in [-0.4, -0.2) is 24.3 Å². The molecule has 0 radical (unpaired) electrons. The van der Waals surface area contributed by atoms with E-state index in [4.69, 9.17) is 5.73 Å². The Balaban J connectivity index is 1.87. The molecule has 0 bridgehead atoms. The molecule has 92 valence electrons. The van der Waals surface area contributed by atoms with Crippen molar-refractivity contribution in [3.63, 3.8) is 0 Å². The zero-order valence-corrected chi connectivity index (χ0v) is 10.5. The summed E-state index contributed by atoms with van der Waals surface area (Å²) in [4.78, 5) is 23.4. The topological polar surface area (TPSA) is 72.2 Å². The number of amides is 1. The van der Waals surface area contributed by atoms with E-state index in [1.165, 1.54) is 31.1 Å². The van der Waals surface area contributed by atoms with E-state index in [1.807, 2.05) is 0 Å². The lowest BCUT2D eigenvalue weighted by Gasteiger charge is -2.10.